The van der Waals surface area contributed by atoms with E-state index >= 15 is 0 Å². The molecule has 0 amide bonds. The molecule has 0 spiro atoms. The smallest absolute Gasteiger partial charge is 0.272 e. The van der Waals surface area contributed by atoms with Crippen LogP contribution in [0.2, 0.25) is 0 Å². The van der Waals surface area contributed by atoms with Crippen molar-refractivity contribution in [2.75, 3.05) is 11.9 Å². The number of nitro groups is 1. The monoisotopic (exact) mass is 302 g/mol. The fourth-order valence-corrected chi connectivity index (χ4v) is 3.07. The summed E-state index contributed by atoms with van der Waals surface area (Å²) in [6, 6.07) is 11.4. The molecule has 2 rings (SSSR count). The van der Waals surface area contributed by atoms with Crippen molar-refractivity contribution in [3.8, 4) is 0 Å². The minimum Gasteiger partial charge on any atom is -0.385 e. The highest BCUT2D eigenvalue weighted by atomic mass is 32.2. The lowest BCUT2D eigenvalue weighted by molar-refractivity contribution is -0.385. The minimum absolute atomic E-state index is 0.112. The highest BCUT2D eigenvalue weighted by Gasteiger charge is 2.11. The van der Waals surface area contributed by atoms with Crippen LogP contribution in [0.1, 0.15) is 18.1 Å². The Morgan fingerprint density at radius 1 is 1.19 bits per heavy atom. The van der Waals surface area contributed by atoms with Gasteiger partial charge in [0.05, 0.1) is 4.92 Å². The van der Waals surface area contributed by atoms with Gasteiger partial charge in [0.2, 0.25) is 0 Å². The Labute approximate surface area is 128 Å². The zero-order valence-electron chi connectivity index (χ0n) is 12.3. The van der Waals surface area contributed by atoms with Gasteiger partial charge in [-0.1, -0.05) is 29.5 Å². The largest absolute Gasteiger partial charge is 0.385 e. The quantitative estimate of drug-likeness (QED) is 0.637. The van der Waals surface area contributed by atoms with Gasteiger partial charge >= 0.3 is 0 Å². The molecule has 0 aliphatic heterocycles. The van der Waals surface area contributed by atoms with Crippen molar-refractivity contribution in [1.82, 2.24) is 0 Å². The maximum absolute atomic E-state index is 11.0. The number of aryl methyl sites for hydroxylation is 2. The van der Waals surface area contributed by atoms with Crippen LogP contribution in [0.4, 0.5) is 11.4 Å². The topological polar surface area (TPSA) is 55.2 Å². The second-order valence-corrected chi connectivity index (χ2v) is 5.99. The van der Waals surface area contributed by atoms with Crippen LogP contribution in [0.5, 0.6) is 0 Å². The molecule has 21 heavy (non-hydrogen) atoms. The zero-order valence-corrected chi connectivity index (χ0v) is 13.2. The number of nitrogens with zero attached hydrogens (tertiary/aromatic N) is 1. The highest BCUT2D eigenvalue weighted by molar-refractivity contribution is 7.99. The Morgan fingerprint density at radius 3 is 2.57 bits per heavy atom. The average molecular weight is 302 g/mol. The van der Waals surface area contributed by atoms with E-state index in [1.54, 1.807) is 23.9 Å². The summed E-state index contributed by atoms with van der Waals surface area (Å²) in [4.78, 5) is 12.7. The summed E-state index contributed by atoms with van der Waals surface area (Å²) in [6.07, 6.45) is 0. The summed E-state index contributed by atoms with van der Waals surface area (Å²) in [5.41, 5.74) is 3.28. The van der Waals surface area contributed by atoms with Crippen molar-refractivity contribution in [2.45, 2.75) is 30.6 Å². The van der Waals surface area contributed by atoms with Gasteiger partial charge in [-0.2, -0.15) is 0 Å². The van der Waals surface area contributed by atoms with Crippen molar-refractivity contribution in [1.29, 1.82) is 0 Å². The molecule has 0 aliphatic carbocycles. The minimum atomic E-state index is -0.354. The second-order valence-electron chi connectivity index (χ2n) is 4.87. The first-order valence-electron chi connectivity index (χ1n) is 6.78. The van der Waals surface area contributed by atoms with Crippen molar-refractivity contribution in [3.63, 3.8) is 0 Å². The number of hydrogen-bond donors (Lipinski definition) is 1. The second kappa shape index (κ2) is 6.63. The molecular formula is C16H18N2O2S. The van der Waals surface area contributed by atoms with Gasteiger partial charge in [-0.05, 0) is 38.5 Å². The van der Waals surface area contributed by atoms with E-state index in [4.69, 9.17) is 0 Å². The maximum atomic E-state index is 11.0. The van der Waals surface area contributed by atoms with Crippen molar-refractivity contribution >= 4 is 23.1 Å². The molecule has 0 aliphatic rings. The van der Waals surface area contributed by atoms with Crippen LogP contribution in [-0.2, 0) is 0 Å². The van der Waals surface area contributed by atoms with Gasteiger partial charge in [-0.15, -0.1) is 0 Å². The molecule has 2 aromatic rings. The fraction of sp³-hybridized carbons (Fsp3) is 0.250. The Morgan fingerprint density at radius 2 is 1.95 bits per heavy atom. The van der Waals surface area contributed by atoms with E-state index in [9.17, 15) is 10.1 Å². The van der Waals surface area contributed by atoms with E-state index in [-0.39, 0.29) is 10.6 Å². The van der Waals surface area contributed by atoms with E-state index in [0.29, 0.717) is 0 Å². The summed E-state index contributed by atoms with van der Waals surface area (Å²) >= 11 is 1.55. The van der Waals surface area contributed by atoms with Crippen molar-refractivity contribution < 1.29 is 4.92 Å². The Balaban J connectivity index is 2.36. The first-order valence-corrected chi connectivity index (χ1v) is 7.59. The third kappa shape index (κ3) is 3.98. The van der Waals surface area contributed by atoms with Gasteiger partial charge < -0.3 is 5.32 Å². The molecule has 4 nitrogen and oxygen atoms in total. The Kier molecular flexibility index (Phi) is 4.85. The number of benzene rings is 2. The van der Waals surface area contributed by atoms with E-state index in [1.165, 1.54) is 11.1 Å². The molecular weight excluding hydrogens is 284 g/mol. The molecule has 2 aromatic carbocycles. The Bertz CT molecular complexity index is 671. The van der Waals surface area contributed by atoms with Crippen LogP contribution in [-0.4, -0.2) is 11.5 Å². The van der Waals surface area contributed by atoms with Crippen LogP contribution in [0.3, 0.4) is 0 Å². The third-order valence-electron chi connectivity index (χ3n) is 3.04. The first kappa shape index (κ1) is 15.4. The summed E-state index contributed by atoms with van der Waals surface area (Å²) < 4.78 is 0. The summed E-state index contributed by atoms with van der Waals surface area (Å²) in [7, 11) is 0. The summed E-state index contributed by atoms with van der Waals surface area (Å²) in [6.45, 7) is 6.81. The molecule has 0 atom stereocenters. The van der Waals surface area contributed by atoms with Crippen molar-refractivity contribution in [2.24, 2.45) is 0 Å². The molecule has 0 heterocycles. The molecule has 0 unspecified atom stereocenters. The predicted molar refractivity (Wildman–Crippen MR) is 87.3 cm³/mol. The SMILES string of the molecule is CCNc1cc(Sc2ccc(C)cc2C)cc([N+](=O)[O-])c1. The van der Waals surface area contributed by atoms with Crippen LogP contribution in [0, 0.1) is 24.0 Å². The standard InChI is InChI=1S/C16H18N2O2S/c1-4-17-13-8-14(18(19)20)10-15(9-13)21-16-6-5-11(2)7-12(16)3/h5-10,17H,4H2,1-3H3. The van der Waals surface area contributed by atoms with Gasteiger partial charge in [-0.3, -0.25) is 10.1 Å². The lowest BCUT2D eigenvalue weighted by Gasteiger charge is -2.09. The molecule has 0 fully saturated rings. The lowest BCUT2D eigenvalue weighted by atomic mass is 10.2. The first-order chi connectivity index (χ1) is 9.99. The summed E-state index contributed by atoms with van der Waals surface area (Å²) in [5.74, 6) is 0. The van der Waals surface area contributed by atoms with Crippen LogP contribution in [0.15, 0.2) is 46.2 Å². The van der Waals surface area contributed by atoms with E-state index in [1.807, 2.05) is 13.0 Å². The third-order valence-corrected chi connectivity index (χ3v) is 4.19. The molecule has 1 N–H and O–H groups in total. The number of nitro benzene ring substituents is 1. The molecule has 0 saturated carbocycles. The average Bonchev–Trinajstić information content (AvgIpc) is 2.42. The molecule has 0 aromatic heterocycles. The van der Waals surface area contributed by atoms with Crippen LogP contribution < -0.4 is 5.32 Å². The van der Waals surface area contributed by atoms with Crippen LogP contribution in [0.25, 0.3) is 0 Å². The number of hydrogen-bond acceptors (Lipinski definition) is 4. The number of anilines is 1. The molecule has 0 bridgehead atoms. The molecule has 0 saturated heterocycles. The highest BCUT2D eigenvalue weighted by Crippen LogP contribution is 2.34. The molecule has 110 valence electrons. The normalized spacial score (nSPS) is 10.4. The predicted octanol–water partition coefficient (Wildman–Crippen LogP) is 4.79. The van der Waals surface area contributed by atoms with Crippen molar-refractivity contribution in [3.05, 3.63) is 57.6 Å². The van der Waals surface area contributed by atoms with Gasteiger partial charge in [-0.25, -0.2) is 0 Å². The Hall–Kier alpha value is -2.01. The van der Waals surface area contributed by atoms with Gasteiger partial charge in [0.25, 0.3) is 5.69 Å². The van der Waals surface area contributed by atoms with E-state index in [2.05, 4.69) is 37.4 Å². The van der Waals surface area contributed by atoms with Gasteiger partial charge in [0.1, 0.15) is 0 Å². The van der Waals surface area contributed by atoms with E-state index in [0.717, 1.165) is 22.0 Å². The maximum Gasteiger partial charge on any atom is 0.272 e. The lowest BCUT2D eigenvalue weighted by Crippen LogP contribution is -1.98. The van der Waals surface area contributed by atoms with Crippen LogP contribution >= 0.6 is 11.8 Å². The molecule has 5 heteroatoms. The summed E-state index contributed by atoms with van der Waals surface area (Å²) in [5, 5.41) is 14.2. The van der Waals surface area contributed by atoms with E-state index < -0.39 is 0 Å². The van der Waals surface area contributed by atoms with Gasteiger partial charge in [0.15, 0.2) is 0 Å². The van der Waals surface area contributed by atoms with Gasteiger partial charge in [0, 0.05) is 34.2 Å². The fourth-order valence-electron chi connectivity index (χ4n) is 2.09. The molecule has 0 radical (unpaired) electrons. The zero-order chi connectivity index (χ0) is 15.4. The number of non-ortho nitro benzene ring substituents is 1. The number of nitrogens with one attached hydrogen (secondary N) is 1. The number of rotatable bonds is 5.